The number of amides is 2. The summed E-state index contributed by atoms with van der Waals surface area (Å²) < 4.78 is 6.14. The van der Waals surface area contributed by atoms with E-state index < -0.39 is 18.2 Å². The number of phenols is 1. The van der Waals surface area contributed by atoms with Crippen molar-refractivity contribution in [3.05, 3.63) is 177 Å². The van der Waals surface area contributed by atoms with Crippen molar-refractivity contribution in [3.8, 4) is 11.5 Å². The van der Waals surface area contributed by atoms with Crippen LogP contribution in [0.25, 0.3) is 10.9 Å². The number of carbonyl (C=O) groups excluding carboxylic acids is 1. The van der Waals surface area contributed by atoms with E-state index in [0.717, 1.165) is 22.3 Å². The first kappa shape index (κ1) is 37.3. The maximum absolute atomic E-state index is 14.0. The number of carboxylic acid groups (broad SMARTS) is 1. The van der Waals surface area contributed by atoms with Crippen LogP contribution in [0, 0.1) is 0 Å². The number of hydrogen-bond acceptors (Lipinski definition) is 7. The molecule has 0 saturated heterocycles. The number of benzene rings is 5. The molecule has 1 aromatic heterocycles. The Morgan fingerprint density at radius 3 is 2.30 bits per heavy atom. The van der Waals surface area contributed by atoms with Gasteiger partial charge in [-0.15, -0.1) is 0 Å². The van der Waals surface area contributed by atoms with Crippen LogP contribution in [0.3, 0.4) is 0 Å². The molecule has 2 amide bonds. The minimum Gasteiger partial charge on any atom is -0.506 e. The van der Waals surface area contributed by atoms with Crippen molar-refractivity contribution in [2.24, 2.45) is 0 Å². The average Bonchev–Trinajstić information content (AvgIpc) is 3.19. The molecule has 0 saturated carbocycles. The predicted octanol–water partition coefficient (Wildman–Crippen LogP) is 6.53. The van der Waals surface area contributed by atoms with Gasteiger partial charge in [0.15, 0.2) is 0 Å². The zero-order chi connectivity index (χ0) is 37.9. The second-order valence-corrected chi connectivity index (χ2v) is 12.9. The lowest BCUT2D eigenvalue weighted by atomic mass is 9.98. The minimum absolute atomic E-state index is 0.0671. The Hall–Kier alpha value is -6.43. The fourth-order valence-corrected chi connectivity index (χ4v) is 6.40. The first-order valence-electron chi connectivity index (χ1n) is 17.7. The van der Waals surface area contributed by atoms with E-state index in [9.17, 15) is 29.7 Å². The summed E-state index contributed by atoms with van der Waals surface area (Å²) >= 11 is 0. The van der Waals surface area contributed by atoms with Gasteiger partial charge in [0.2, 0.25) is 5.56 Å². The Bertz CT molecular complexity index is 2240. The number of fused-ring (bicyclic) bond motifs is 1. The molecule has 276 valence electrons. The fraction of sp³-hybridized carbons (Fsp3) is 0.186. The normalized spacial score (nSPS) is 12.2. The van der Waals surface area contributed by atoms with Gasteiger partial charge in [-0.3, -0.25) is 9.59 Å². The Kier molecular flexibility index (Phi) is 12.4. The molecule has 2 atom stereocenters. The molecule has 1 heterocycles. The summed E-state index contributed by atoms with van der Waals surface area (Å²) in [6.45, 7) is 1.84. The number of aliphatic hydroxyl groups is 1. The maximum Gasteiger partial charge on any atom is 0.405 e. The number of aromatic nitrogens is 1. The summed E-state index contributed by atoms with van der Waals surface area (Å²) in [5.41, 5.74) is 4.38. The molecule has 0 aliphatic heterocycles. The second-order valence-electron chi connectivity index (χ2n) is 12.9. The van der Waals surface area contributed by atoms with E-state index in [0.29, 0.717) is 48.3 Å². The number of ether oxygens (including phenoxy) is 1. The molecule has 0 spiro atoms. The smallest absolute Gasteiger partial charge is 0.405 e. The Morgan fingerprint density at radius 1 is 0.796 bits per heavy atom. The van der Waals surface area contributed by atoms with Crippen LogP contribution >= 0.6 is 0 Å². The first-order chi connectivity index (χ1) is 26.2. The number of hydrogen-bond donors (Lipinski definition) is 6. The summed E-state index contributed by atoms with van der Waals surface area (Å²) in [4.78, 5) is 41.8. The summed E-state index contributed by atoms with van der Waals surface area (Å²) in [5, 5.41) is 37.0. The lowest BCUT2D eigenvalue weighted by Gasteiger charge is -2.24. The summed E-state index contributed by atoms with van der Waals surface area (Å²) in [7, 11) is 0. The number of aromatic hydroxyl groups is 1. The largest absolute Gasteiger partial charge is 0.506 e. The zero-order valence-electron chi connectivity index (χ0n) is 29.5. The monoisotopic (exact) mass is 726 g/mol. The quantitative estimate of drug-likeness (QED) is 0.0614. The van der Waals surface area contributed by atoms with Crippen molar-refractivity contribution in [1.29, 1.82) is 0 Å². The van der Waals surface area contributed by atoms with Crippen LogP contribution in [0.2, 0.25) is 0 Å². The highest BCUT2D eigenvalue weighted by molar-refractivity contribution is 5.94. The highest BCUT2D eigenvalue weighted by atomic mass is 16.5. The molecule has 0 unspecified atom stereocenters. The van der Waals surface area contributed by atoms with Crippen molar-refractivity contribution >= 4 is 22.9 Å². The van der Waals surface area contributed by atoms with Gasteiger partial charge < -0.3 is 40.6 Å². The van der Waals surface area contributed by atoms with E-state index in [1.54, 1.807) is 23.1 Å². The van der Waals surface area contributed by atoms with Crippen molar-refractivity contribution in [2.75, 3.05) is 19.6 Å². The molecule has 0 aliphatic carbocycles. The average molecular weight is 727 g/mol. The molecule has 6 N–H and O–H groups in total. The Morgan fingerprint density at radius 2 is 1.52 bits per heavy atom. The molecule has 54 heavy (non-hydrogen) atoms. The third-order valence-corrected chi connectivity index (χ3v) is 9.06. The van der Waals surface area contributed by atoms with Crippen LogP contribution in [-0.4, -0.2) is 56.8 Å². The van der Waals surface area contributed by atoms with E-state index in [1.807, 2.05) is 103 Å². The molecule has 0 radical (unpaired) electrons. The van der Waals surface area contributed by atoms with Crippen LogP contribution in [-0.2, 0) is 13.2 Å². The fourth-order valence-electron chi connectivity index (χ4n) is 6.40. The van der Waals surface area contributed by atoms with Crippen LogP contribution in [0.4, 0.5) is 4.79 Å². The lowest BCUT2D eigenvalue weighted by molar-refractivity contribution is 0.0740. The number of phenolic OH excluding ortho intramolecular Hbond substituents is 1. The third-order valence-electron chi connectivity index (χ3n) is 9.06. The van der Waals surface area contributed by atoms with E-state index in [2.05, 4.69) is 15.6 Å². The maximum atomic E-state index is 14.0. The van der Waals surface area contributed by atoms with Crippen molar-refractivity contribution < 1.29 is 29.6 Å². The molecule has 5 aromatic carbocycles. The van der Waals surface area contributed by atoms with E-state index >= 15 is 0 Å². The zero-order valence-corrected chi connectivity index (χ0v) is 29.5. The lowest BCUT2D eigenvalue weighted by Crippen LogP contribution is -2.33. The highest BCUT2D eigenvalue weighted by Gasteiger charge is 2.19. The van der Waals surface area contributed by atoms with Gasteiger partial charge in [-0.25, -0.2) is 4.79 Å². The number of pyridine rings is 1. The molecule has 6 rings (SSSR count). The van der Waals surface area contributed by atoms with Gasteiger partial charge >= 0.3 is 6.09 Å². The number of H-pyrrole nitrogens is 1. The van der Waals surface area contributed by atoms with Gasteiger partial charge in [0.25, 0.3) is 5.91 Å². The molecule has 0 aliphatic rings. The van der Waals surface area contributed by atoms with Gasteiger partial charge in [-0.05, 0) is 77.2 Å². The molecule has 11 nitrogen and oxygen atoms in total. The SMILES string of the molecule is O=C(O)N[C@@H](c1ccccc1)c1cccc(OCc2cccc(C(=O)N(CCCNC[C@H](O)c3ccc(O)c4[nH]c(=O)ccc34)Cc3ccccc3)c2)c1. The van der Waals surface area contributed by atoms with Gasteiger partial charge in [0, 0.05) is 36.7 Å². The molecule has 0 fully saturated rings. The summed E-state index contributed by atoms with van der Waals surface area (Å²) in [5.74, 6) is 0.370. The van der Waals surface area contributed by atoms with Crippen LogP contribution < -0.4 is 20.9 Å². The van der Waals surface area contributed by atoms with E-state index in [-0.39, 0.29) is 35.9 Å². The third kappa shape index (κ3) is 9.71. The number of rotatable bonds is 16. The van der Waals surface area contributed by atoms with Gasteiger partial charge in [-0.1, -0.05) is 91.0 Å². The topological polar surface area (TPSA) is 164 Å². The number of nitrogens with one attached hydrogen (secondary N) is 3. The Balaban J connectivity index is 1.09. The van der Waals surface area contributed by atoms with E-state index in [1.165, 1.54) is 12.1 Å². The van der Waals surface area contributed by atoms with Gasteiger partial charge in [0.1, 0.15) is 18.1 Å². The standard InChI is InChI=1S/C43H42N4O7/c48-37-20-18-35(36-19-21-39(50)45-41(36)37)38(49)26-44-22-9-23-47(27-29-10-3-1-4-11-29)42(51)33-16-7-12-30(24-33)28-54-34-17-8-15-32(25-34)40(46-43(52)53)31-13-5-2-6-14-31/h1-8,10-21,24-25,38,40,44,46,48-49H,9,22-23,26-28H2,(H,45,50)(H,52,53)/t38-,40-/m0/s1. The van der Waals surface area contributed by atoms with Crippen molar-refractivity contribution in [3.63, 3.8) is 0 Å². The molecular weight excluding hydrogens is 684 g/mol. The number of aromatic amines is 1. The minimum atomic E-state index is -1.13. The number of nitrogens with zero attached hydrogens (tertiary/aromatic N) is 1. The highest BCUT2D eigenvalue weighted by Crippen LogP contribution is 2.29. The first-order valence-corrected chi connectivity index (χ1v) is 17.7. The number of carbonyl (C=O) groups is 2. The summed E-state index contributed by atoms with van der Waals surface area (Å²) in [6, 6.07) is 39.2. The molecule has 6 aromatic rings. The Labute approximate surface area is 312 Å². The van der Waals surface area contributed by atoms with Crippen molar-refractivity contribution in [2.45, 2.75) is 31.7 Å². The van der Waals surface area contributed by atoms with Gasteiger partial charge in [-0.2, -0.15) is 0 Å². The van der Waals surface area contributed by atoms with E-state index in [4.69, 9.17) is 4.74 Å². The van der Waals surface area contributed by atoms with Crippen molar-refractivity contribution in [1.82, 2.24) is 20.5 Å². The van der Waals surface area contributed by atoms with Crippen LogP contribution in [0.1, 0.15) is 56.7 Å². The molecule has 11 heteroatoms. The van der Waals surface area contributed by atoms with Crippen LogP contribution in [0.5, 0.6) is 11.5 Å². The molecular formula is C43H42N4O7. The summed E-state index contributed by atoms with van der Waals surface area (Å²) in [6.07, 6.45) is -1.40. The predicted molar refractivity (Wildman–Crippen MR) is 207 cm³/mol. The van der Waals surface area contributed by atoms with Gasteiger partial charge in [0.05, 0.1) is 17.7 Å². The molecule has 0 bridgehead atoms. The number of aliphatic hydroxyl groups excluding tert-OH is 1. The second kappa shape index (κ2) is 17.9. The van der Waals surface area contributed by atoms with Crippen LogP contribution in [0.15, 0.2) is 138 Å².